The molecule has 2 heterocycles. The summed E-state index contributed by atoms with van der Waals surface area (Å²) in [5.74, 6) is 1.08. The number of imidazole rings is 1. The zero-order valence-electron chi connectivity index (χ0n) is 10.9. The van der Waals surface area contributed by atoms with Crippen molar-refractivity contribution < 1.29 is 4.74 Å². The zero-order valence-corrected chi connectivity index (χ0v) is 10.9. The van der Waals surface area contributed by atoms with Crippen molar-refractivity contribution in [3.05, 3.63) is 30.1 Å². The van der Waals surface area contributed by atoms with Crippen molar-refractivity contribution in [2.24, 2.45) is 12.5 Å². The summed E-state index contributed by atoms with van der Waals surface area (Å²) in [5.41, 5.74) is 2.56. The average Bonchev–Trinajstić information content (AvgIpc) is 2.65. The summed E-state index contributed by atoms with van der Waals surface area (Å²) in [4.78, 5) is 4.64. The van der Waals surface area contributed by atoms with Crippen LogP contribution in [0.5, 0.6) is 0 Å². The minimum Gasteiger partial charge on any atom is -0.380 e. The van der Waals surface area contributed by atoms with Gasteiger partial charge in [-0.15, -0.1) is 0 Å². The van der Waals surface area contributed by atoms with Crippen LogP contribution >= 0.6 is 0 Å². The lowest BCUT2D eigenvalue weighted by Crippen LogP contribution is -2.47. The Morgan fingerprint density at radius 3 is 2.83 bits per heavy atom. The average molecular weight is 245 g/mol. The first-order valence-corrected chi connectivity index (χ1v) is 6.37. The van der Waals surface area contributed by atoms with Gasteiger partial charge in [0.2, 0.25) is 0 Å². The van der Waals surface area contributed by atoms with Crippen molar-refractivity contribution in [3.8, 4) is 0 Å². The Labute approximate surface area is 107 Å². The maximum Gasteiger partial charge on any atom is 0.123 e. The van der Waals surface area contributed by atoms with Crippen LogP contribution in [0, 0.1) is 5.41 Å². The number of benzene rings is 1. The second-order valence-corrected chi connectivity index (χ2v) is 5.48. The highest BCUT2D eigenvalue weighted by Gasteiger charge is 2.32. The topological polar surface area (TPSA) is 39.1 Å². The Morgan fingerprint density at radius 1 is 1.39 bits per heavy atom. The minimum absolute atomic E-state index is 0.310. The van der Waals surface area contributed by atoms with E-state index < -0.39 is 0 Å². The number of nitrogens with zero attached hydrogens (tertiary/aromatic N) is 2. The number of ether oxygens (including phenoxy) is 1. The lowest BCUT2D eigenvalue weighted by Gasteiger charge is -2.38. The molecular formula is C14H19N3O. The monoisotopic (exact) mass is 245 g/mol. The van der Waals surface area contributed by atoms with Crippen molar-refractivity contribution in [2.75, 3.05) is 19.8 Å². The highest BCUT2D eigenvalue weighted by molar-refractivity contribution is 5.75. The summed E-state index contributed by atoms with van der Waals surface area (Å²) in [6.07, 6.45) is 0. The Morgan fingerprint density at radius 2 is 2.17 bits per heavy atom. The zero-order chi connectivity index (χ0) is 12.6. The summed E-state index contributed by atoms with van der Waals surface area (Å²) in [5, 5.41) is 3.48. The first-order valence-electron chi connectivity index (χ1n) is 6.37. The van der Waals surface area contributed by atoms with E-state index in [0.717, 1.165) is 37.6 Å². The molecule has 96 valence electrons. The van der Waals surface area contributed by atoms with Crippen LogP contribution in [0.2, 0.25) is 0 Å². The van der Waals surface area contributed by atoms with Gasteiger partial charge in [0, 0.05) is 19.0 Å². The summed E-state index contributed by atoms with van der Waals surface area (Å²) < 4.78 is 7.41. The summed E-state index contributed by atoms with van der Waals surface area (Å²) in [7, 11) is 2.07. The van der Waals surface area contributed by atoms with E-state index in [4.69, 9.17) is 4.74 Å². The van der Waals surface area contributed by atoms with Gasteiger partial charge in [0.05, 0.1) is 30.8 Å². The van der Waals surface area contributed by atoms with E-state index in [1.165, 1.54) is 5.52 Å². The Bertz CT molecular complexity index is 557. The highest BCUT2D eigenvalue weighted by Crippen LogP contribution is 2.25. The van der Waals surface area contributed by atoms with Crippen molar-refractivity contribution in [1.29, 1.82) is 0 Å². The maximum atomic E-state index is 5.25. The van der Waals surface area contributed by atoms with E-state index in [1.54, 1.807) is 0 Å². The maximum absolute atomic E-state index is 5.25. The second kappa shape index (κ2) is 4.37. The van der Waals surface area contributed by atoms with Gasteiger partial charge in [-0.25, -0.2) is 4.98 Å². The highest BCUT2D eigenvalue weighted by atomic mass is 16.5. The predicted octanol–water partition coefficient (Wildman–Crippen LogP) is 1.70. The quantitative estimate of drug-likeness (QED) is 0.891. The number of hydrogen-bond donors (Lipinski definition) is 1. The van der Waals surface area contributed by atoms with Gasteiger partial charge < -0.3 is 14.6 Å². The van der Waals surface area contributed by atoms with E-state index in [2.05, 4.69) is 41.0 Å². The molecule has 2 aromatic rings. The Hall–Kier alpha value is -1.39. The molecule has 1 fully saturated rings. The lowest BCUT2D eigenvalue weighted by molar-refractivity contribution is -0.0992. The van der Waals surface area contributed by atoms with Crippen molar-refractivity contribution >= 4 is 11.0 Å². The number of nitrogens with one attached hydrogen (secondary N) is 1. The third kappa shape index (κ3) is 2.02. The molecule has 18 heavy (non-hydrogen) atoms. The molecule has 0 radical (unpaired) electrons. The van der Waals surface area contributed by atoms with Crippen LogP contribution in [-0.2, 0) is 18.3 Å². The first-order chi connectivity index (χ1) is 8.68. The summed E-state index contributed by atoms with van der Waals surface area (Å²) >= 11 is 0. The molecule has 0 atom stereocenters. The van der Waals surface area contributed by atoms with E-state index in [1.807, 2.05) is 12.1 Å². The molecule has 0 aliphatic carbocycles. The predicted molar refractivity (Wildman–Crippen MR) is 71.3 cm³/mol. The largest absolute Gasteiger partial charge is 0.380 e. The Balaban J connectivity index is 1.69. The molecule has 0 unspecified atom stereocenters. The molecule has 1 aromatic heterocycles. The van der Waals surface area contributed by atoms with Gasteiger partial charge in [0.25, 0.3) is 0 Å². The van der Waals surface area contributed by atoms with Crippen LogP contribution in [0.4, 0.5) is 0 Å². The van der Waals surface area contributed by atoms with Crippen LogP contribution in [0.25, 0.3) is 11.0 Å². The molecule has 1 N–H and O–H groups in total. The van der Waals surface area contributed by atoms with Gasteiger partial charge in [-0.1, -0.05) is 19.1 Å². The number of aryl methyl sites for hydroxylation is 1. The van der Waals surface area contributed by atoms with E-state index in [0.29, 0.717) is 5.41 Å². The number of hydrogen-bond acceptors (Lipinski definition) is 3. The fourth-order valence-electron chi connectivity index (χ4n) is 2.38. The van der Waals surface area contributed by atoms with Gasteiger partial charge >= 0.3 is 0 Å². The molecule has 1 aliphatic rings. The first kappa shape index (κ1) is 11.7. The smallest absolute Gasteiger partial charge is 0.123 e. The fourth-order valence-corrected chi connectivity index (χ4v) is 2.38. The molecule has 0 bridgehead atoms. The molecular weight excluding hydrogens is 226 g/mol. The molecule has 1 aromatic carbocycles. The lowest BCUT2D eigenvalue weighted by atomic mass is 9.89. The summed E-state index contributed by atoms with van der Waals surface area (Å²) in [6, 6.07) is 8.24. The summed E-state index contributed by atoms with van der Waals surface area (Å²) in [6.45, 7) is 5.76. The molecule has 1 saturated heterocycles. The third-order valence-electron chi connectivity index (χ3n) is 3.62. The second-order valence-electron chi connectivity index (χ2n) is 5.48. The van der Waals surface area contributed by atoms with E-state index >= 15 is 0 Å². The Kier molecular flexibility index (Phi) is 2.84. The van der Waals surface area contributed by atoms with Crippen LogP contribution in [0.3, 0.4) is 0 Å². The molecule has 0 spiro atoms. The van der Waals surface area contributed by atoms with Crippen molar-refractivity contribution in [3.63, 3.8) is 0 Å². The van der Waals surface area contributed by atoms with Crippen LogP contribution in [0.1, 0.15) is 12.7 Å². The van der Waals surface area contributed by atoms with Gasteiger partial charge in [-0.2, -0.15) is 0 Å². The van der Waals surface area contributed by atoms with Gasteiger partial charge in [-0.05, 0) is 12.1 Å². The van der Waals surface area contributed by atoms with Gasteiger partial charge in [0.1, 0.15) is 5.82 Å². The van der Waals surface area contributed by atoms with E-state index in [9.17, 15) is 0 Å². The van der Waals surface area contributed by atoms with Crippen LogP contribution < -0.4 is 5.32 Å². The third-order valence-corrected chi connectivity index (χ3v) is 3.62. The fraction of sp³-hybridized carbons (Fsp3) is 0.500. The van der Waals surface area contributed by atoms with Crippen LogP contribution in [-0.4, -0.2) is 29.3 Å². The normalized spacial score (nSPS) is 17.9. The standard InChI is InChI=1S/C14H19N3O/c1-14(9-18-10-14)8-15-7-13-16-11-5-3-4-6-12(11)17(13)2/h3-6,15H,7-10H2,1-2H3. The molecule has 4 nitrogen and oxygen atoms in total. The molecule has 4 heteroatoms. The van der Waals surface area contributed by atoms with E-state index in [-0.39, 0.29) is 0 Å². The number of para-hydroxylation sites is 2. The van der Waals surface area contributed by atoms with Gasteiger partial charge in [0.15, 0.2) is 0 Å². The molecule has 0 saturated carbocycles. The number of rotatable bonds is 4. The van der Waals surface area contributed by atoms with Gasteiger partial charge in [-0.3, -0.25) is 0 Å². The SMILES string of the molecule is Cn1c(CNCC2(C)COC2)nc2ccccc21. The molecule has 0 amide bonds. The molecule has 3 rings (SSSR count). The number of fused-ring (bicyclic) bond motifs is 1. The van der Waals surface area contributed by atoms with Crippen molar-refractivity contribution in [2.45, 2.75) is 13.5 Å². The minimum atomic E-state index is 0.310. The van der Waals surface area contributed by atoms with Crippen LogP contribution in [0.15, 0.2) is 24.3 Å². The molecule has 1 aliphatic heterocycles. The van der Waals surface area contributed by atoms with Crippen molar-refractivity contribution in [1.82, 2.24) is 14.9 Å². The number of aromatic nitrogens is 2.